The van der Waals surface area contributed by atoms with Gasteiger partial charge in [0.1, 0.15) is 5.60 Å². The second kappa shape index (κ2) is 10.5. The third kappa shape index (κ3) is 4.76. The number of aryl methyl sites for hydroxylation is 1. The molecule has 1 aliphatic heterocycles. The number of fused-ring (bicyclic) bond motifs is 4. The highest BCUT2D eigenvalue weighted by molar-refractivity contribution is 7.85. The van der Waals surface area contributed by atoms with Crippen LogP contribution in [0.5, 0.6) is 0 Å². The van der Waals surface area contributed by atoms with E-state index < -0.39 is 27.4 Å². The molecular formula is C32H45NO6S. The van der Waals surface area contributed by atoms with Gasteiger partial charge in [-0.15, -0.1) is 0 Å². The van der Waals surface area contributed by atoms with Crippen molar-refractivity contribution in [2.75, 3.05) is 13.2 Å². The first kappa shape index (κ1) is 29.7. The zero-order valence-electron chi connectivity index (χ0n) is 24.4. The molecule has 40 heavy (non-hydrogen) atoms. The summed E-state index contributed by atoms with van der Waals surface area (Å²) in [5, 5.41) is 21.9. The van der Waals surface area contributed by atoms with Gasteiger partial charge in [0.2, 0.25) is 0 Å². The van der Waals surface area contributed by atoms with Gasteiger partial charge in [0.15, 0.2) is 6.29 Å². The fourth-order valence-corrected chi connectivity index (χ4v) is 9.60. The van der Waals surface area contributed by atoms with Crippen LogP contribution >= 0.6 is 0 Å². The molecular weight excluding hydrogens is 526 g/mol. The molecule has 0 aromatic heterocycles. The molecule has 0 radical (unpaired) electrons. The van der Waals surface area contributed by atoms with E-state index in [0.29, 0.717) is 37.4 Å². The van der Waals surface area contributed by atoms with E-state index in [1.54, 1.807) is 23.3 Å². The van der Waals surface area contributed by atoms with E-state index in [-0.39, 0.29) is 10.3 Å². The van der Waals surface area contributed by atoms with Gasteiger partial charge < -0.3 is 14.6 Å². The van der Waals surface area contributed by atoms with Crippen molar-refractivity contribution >= 4 is 10.1 Å². The molecule has 5 aliphatic rings. The lowest BCUT2D eigenvalue weighted by atomic mass is 9.44. The Morgan fingerprint density at radius 1 is 1.02 bits per heavy atom. The molecule has 3 fully saturated rings. The van der Waals surface area contributed by atoms with Gasteiger partial charge in [-0.3, -0.25) is 4.55 Å². The molecule has 1 saturated heterocycles. The van der Waals surface area contributed by atoms with Crippen molar-refractivity contribution in [3.05, 3.63) is 41.0 Å². The van der Waals surface area contributed by atoms with Crippen LogP contribution in [-0.2, 0) is 19.6 Å². The molecule has 0 spiro atoms. The Bertz CT molecular complexity index is 1300. The van der Waals surface area contributed by atoms with Gasteiger partial charge in [0.25, 0.3) is 10.1 Å². The smallest absolute Gasteiger partial charge is 0.294 e. The minimum absolute atomic E-state index is 0.0666. The molecule has 6 atom stereocenters. The summed E-state index contributed by atoms with van der Waals surface area (Å²) in [6, 6.07) is 8.74. The molecule has 2 saturated carbocycles. The van der Waals surface area contributed by atoms with Crippen LogP contribution in [0.15, 0.2) is 40.3 Å². The molecule has 0 amide bonds. The molecule has 1 heterocycles. The monoisotopic (exact) mass is 571 g/mol. The third-order valence-electron chi connectivity index (χ3n) is 11.5. The van der Waals surface area contributed by atoms with E-state index in [1.165, 1.54) is 37.8 Å². The molecule has 0 bridgehead atoms. The SMILES string of the molecule is CC[C@H]1CC[C@H]2C3=C(CC[C@]12C)[C@@]1(C)CCC(O)(C2OCCO2)C[C@]1(C#N)CC3.Cc1ccc(S(=O)(=O)O)cc1. The molecule has 4 aliphatic carbocycles. The van der Waals surface area contributed by atoms with Crippen LogP contribution in [0.2, 0.25) is 0 Å². The van der Waals surface area contributed by atoms with Crippen molar-refractivity contribution in [3.63, 3.8) is 0 Å². The normalized spacial score (nSPS) is 39.4. The van der Waals surface area contributed by atoms with Gasteiger partial charge in [0, 0.05) is 11.8 Å². The zero-order chi connectivity index (χ0) is 29.0. The molecule has 8 heteroatoms. The second-order valence-corrected chi connectivity index (χ2v) is 14.8. The maximum Gasteiger partial charge on any atom is 0.294 e. The standard InChI is InChI=1S/C25H37NO3.C7H8O3S/c1-4-17-5-6-19-18-7-10-24(16-26)15-25(27,21-28-13-14-29-21)12-11-23(24,3)20(18)8-9-22(17,19)2;1-6-2-4-7(5-3-6)11(8,9)10/h17,19,21,27H,4-15H2,1-3H3;2-5H,1H3,(H,8,9,10)/t17-,19-,22+,23+,24-,25?;/m0./s1. The minimum atomic E-state index is -4.02. The number of hydrogen-bond acceptors (Lipinski definition) is 6. The number of nitrogens with zero attached hydrogens (tertiary/aromatic N) is 1. The van der Waals surface area contributed by atoms with E-state index in [0.717, 1.165) is 37.2 Å². The number of hydrogen-bond donors (Lipinski definition) is 2. The van der Waals surface area contributed by atoms with Crippen LogP contribution in [0.1, 0.15) is 90.5 Å². The maximum atomic E-state index is 11.5. The van der Waals surface area contributed by atoms with Crippen LogP contribution in [0.3, 0.4) is 0 Å². The first-order valence-corrected chi connectivity index (χ1v) is 16.4. The minimum Gasteiger partial charge on any atom is -0.385 e. The summed E-state index contributed by atoms with van der Waals surface area (Å²) in [4.78, 5) is -0.0666. The number of nitriles is 1. The second-order valence-electron chi connectivity index (χ2n) is 13.4. The Labute approximate surface area is 239 Å². The van der Waals surface area contributed by atoms with E-state index in [1.807, 2.05) is 6.92 Å². The average molecular weight is 572 g/mol. The lowest BCUT2D eigenvalue weighted by Crippen LogP contribution is -2.58. The van der Waals surface area contributed by atoms with Crippen molar-refractivity contribution in [1.29, 1.82) is 5.26 Å². The zero-order valence-corrected chi connectivity index (χ0v) is 25.2. The van der Waals surface area contributed by atoms with Crippen LogP contribution in [0, 0.1) is 46.3 Å². The van der Waals surface area contributed by atoms with Crippen LogP contribution in [-0.4, -0.2) is 43.2 Å². The fourth-order valence-electron chi connectivity index (χ4n) is 9.12. The van der Waals surface area contributed by atoms with Crippen LogP contribution in [0.4, 0.5) is 0 Å². The lowest BCUT2D eigenvalue weighted by molar-refractivity contribution is -0.220. The molecule has 1 aromatic rings. The first-order valence-electron chi connectivity index (χ1n) is 15.0. The predicted molar refractivity (Wildman–Crippen MR) is 152 cm³/mol. The number of benzene rings is 1. The maximum absolute atomic E-state index is 11.5. The van der Waals surface area contributed by atoms with Crippen molar-refractivity contribution in [1.82, 2.24) is 0 Å². The van der Waals surface area contributed by atoms with Gasteiger partial charge in [-0.1, -0.05) is 56.0 Å². The van der Waals surface area contributed by atoms with E-state index in [9.17, 15) is 18.8 Å². The van der Waals surface area contributed by atoms with Gasteiger partial charge >= 0.3 is 0 Å². The Morgan fingerprint density at radius 3 is 2.30 bits per heavy atom. The summed E-state index contributed by atoms with van der Waals surface area (Å²) in [6.07, 6.45) is 9.75. The summed E-state index contributed by atoms with van der Waals surface area (Å²) in [5.41, 5.74) is 3.06. The summed E-state index contributed by atoms with van der Waals surface area (Å²) >= 11 is 0. The number of ether oxygens (including phenoxy) is 2. The summed E-state index contributed by atoms with van der Waals surface area (Å²) in [5.74, 6) is 1.57. The Hall–Kier alpha value is -1.76. The van der Waals surface area contributed by atoms with E-state index in [4.69, 9.17) is 14.0 Å². The first-order chi connectivity index (χ1) is 18.8. The number of allylic oxidation sites excluding steroid dienone is 2. The predicted octanol–water partition coefficient (Wildman–Crippen LogP) is 6.36. The van der Waals surface area contributed by atoms with Crippen molar-refractivity contribution in [2.45, 2.75) is 109 Å². The highest BCUT2D eigenvalue weighted by Gasteiger charge is 2.64. The van der Waals surface area contributed by atoms with Gasteiger partial charge in [-0.25, -0.2) is 0 Å². The Morgan fingerprint density at radius 2 is 1.70 bits per heavy atom. The Balaban J connectivity index is 0.000000248. The highest BCUT2D eigenvalue weighted by atomic mass is 32.2. The Kier molecular flexibility index (Phi) is 7.80. The number of aliphatic hydroxyl groups is 1. The summed E-state index contributed by atoms with van der Waals surface area (Å²) in [6.45, 7) is 10.2. The largest absolute Gasteiger partial charge is 0.385 e. The topological polar surface area (TPSA) is 117 Å². The average Bonchev–Trinajstić information content (AvgIpc) is 3.58. The van der Waals surface area contributed by atoms with Gasteiger partial charge in [-0.2, -0.15) is 13.7 Å². The third-order valence-corrected chi connectivity index (χ3v) is 12.4. The number of rotatable bonds is 3. The van der Waals surface area contributed by atoms with Crippen molar-refractivity contribution in [2.24, 2.45) is 28.1 Å². The summed E-state index contributed by atoms with van der Waals surface area (Å²) < 4.78 is 41.0. The van der Waals surface area contributed by atoms with Gasteiger partial charge in [-0.05, 0) is 87.7 Å². The quantitative estimate of drug-likeness (QED) is 0.320. The molecule has 1 aromatic carbocycles. The van der Waals surface area contributed by atoms with Gasteiger partial charge in [0.05, 0.1) is 29.6 Å². The molecule has 1 unspecified atom stereocenters. The lowest BCUT2D eigenvalue weighted by Gasteiger charge is -2.60. The molecule has 2 N–H and O–H groups in total. The molecule has 6 rings (SSSR count). The highest BCUT2D eigenvalue weighted by Crippen LogP contribution is 2.69. The van der Waals surface area contributed by atoms with E-state index in [2.05, 4.69) is 26.8 Å². The van der Waals surface area contributed by atoms with Crippen molar-refractivity contribution < 1.29 is 27.6 Å². The van der Waals surface area contributed by atoms with E-state index >= 15 is 0 Å². The van der Waals surface area contributed by atoms with Crippen LogP contribution in [0.25, 0.3) is 0 Å². The van der Waals surface area contributed by atoms with Crippen molar-refractivity contribution in [3.8, 4) is 6.07 Å². The molecule has 7 nitrogen and oxygen atoms in total. The molecule has 220 valence electrons. The summed E-state index contributed by atoms with van der Waals surface area (Å²) in [7, 11) is -4.02. The fraction of sp³-hybridized carbons (Fsp3) is 0.719. The van der Waals surface area contributed by atoms with Crippen LogP contribution < -0.4 is 0 Å².